The summed E-state index contributed by atoms with van der Waals surface area (Å²) in [6, 6.07) is 0. The lowest BCUT2D eigenvalue weighted by Crippen LogP contribution is -2.26. The van der Waals surface area contributed by atoms with Crippen LogP contribution in [0.5, 0.6) is 0 Å². The molecule has 0 unspecified atom stereocenters. The highest BCUT2D eigenvalue weighted by Crippen LogP contribution is 2.36. The SMILES string of the molecule is CCOC(=O)C1=C(O)CCC(F)(F)C1. The molecule has 0 amide bonds. The second-order valence-corrected chi connectivity index (χ2v) is 3.18. The molecule has 0 aromatic heterocycles. The van der Waals surface area contributed by atoms with Gasteiger partial charge in [0.1, 0.15) is 5.76 Å². The van der Waals surface area contributed by atoms with Crippen molar-refractivity contribution in [2.24, 2.45) is 0 Å². The minimum absolute atomic E-state index is 0.112. The van der Waals surface area contributed by atoms with Gasteiger partial charge in [-0.1, -0.05) is 0 Å². The Balaban J connectivity index is 2.79. The quantitative estimate of drug-likeness (QED) is 0.704. The third kappa shape index (κ3) is 2.43. The molecule has 0 atom stereocenters. The van der Waals surface area contributed by atoms with Gasteiger partial charge in [-0.2, -0.15) is 0 Å². The van der Waals surface area contributed by atoms with Gasteiger partial charge in [-0.3, -0.25) is 0 Å². The van der Waals surface area contributed by atoms with Gasteiger partial charge >= 0.3 is 5.97 Å². The van der Waals surface area contributed by atoms with E-state index in [0.717, 1.165) is 0 Å². The fourth-order valence-electron chi connectivity index (χ4n) is 1.31. The zero-order chi connectivity index (χ0) is 10.8. The number of hydrogen-bond donors (Lipinski definition) is 1. The Hall–Kier alpha value is -1.13. The van der Waals surface area contributed by atoms with Gasteiger partial charge in [0.15, 0.2) is 0 Å². The molecular weight excluding hydrogens is 194 g/mol. The van der Waals surface area contributed by atoms with Gasteiger partial charge < -0.3 is 9.84 Å². The highest BCUT2D eigenvalue weighted by atomic mass is 19.3. The molecule has 0 spiro atoms. The smallest absolute Gasteiger partial charge is 0.337 e. The van der Waals surface area contributed by atoms with Gasteiger partial charge in [0.05, 0.1) is 12.2 Å². The van der Waals surface area contributed by atoms with Crippen LogP contribution in [0.3, 0.4) is 0 Å². The Bertz CT molecular complexity index is 271. The van der Waals surface area contributed by atoms with E-state index in [1.165, 1.54) is 0 Å². The summed E-state index contributed by atoms with van der Waals surface area (Å²) in [7, 11) is 0. The van der Waals surface area contributed by atoms with Crippen LogP contribution in [0.1, 0.15) is 26.2 Å². The lowest BCUT2D eigenvalue weighted by atomic mass is 9.94. The fraction of sp³-hybridized carbons (Fsp3) is 0.667. The third-order valence-electron chi connectivity index (χ3n) is 2.03. The molecule has 14 heavy (non-hydrogen) atoms. The van der Waals surface area contributed by atoms with Crippen molar-refractivity contribution in [2.45, 2.75) is 32.1 Å². The number of aliphatic hydroxyl groups excluding tert-OH is 1. The molecule has 3 nitrogen and oxygen atoms in total. The van der Waals surface area contributed by atoms with Gasteiger partial charge in [0.25, 0.3) is 5.92 Å². The Kier molecular flexibility index (Phi) is 3.08. The van der Waals surface area contributed by atoms with E-state index in [-0.39, 0.29) is 24.4 Å². The number of carbonyl (C=O) groups is 1. The highest BCUT2D eigenvalue weighted by molar-refractivity contribution is 5.89. The summed E-state index contributed by atoms with van der Waals surface area (Å²) in [6.45, 7) is 1.69. The van der Waals surface area contributed by atoms with Crippen molar-refractivity contribution in [2.75, 3.05) is 6.61 Å². The van der Waals surface area contributed by atoms with Crippen LogP contribution >= 0.6 is 0 Å². The highest BCUT2D eigenvalue weighted by Gasteiger charge is 2.38. The number of carbonyl (C=O) groups excluding carboxylic acids is 1. The summed E-state index contributed by atoms with van der Waals surface area (Å²) in [5, 5.41) is 9.24. The minimum Gasteiger partial charge on any atom is -0.512 e. The maximum atomic E-state index is 12.9. The molecule has 1 N–H and O–H groups in total. The van der Waals surface area contributed by atoms with Gasteiger partial charge in [-0.25, -0.2) is 13.6 Å². The van der Waals surface area contributed by atoms with Crippen molar-refractivity contribution in [1.82, 2.24) is 0 Å². The first-order valence-corrected chi connectivity index (χ1v) is 4.42. The molecule has 0 heterocycles. The van der Waals surface area contributed by atoms with Crippen LogP contribution < -0.4 is 0 Å². The molecule has 0 radical (unpaired) electrons. The van der Waals surface area contributed by atoms with E-state index in [0.29, 0.717) is 0 Å². The first kappa shape index (κ1) is 10.9. The fourth-order valence-corrected chi connectivity index (χ4v) is 1.31. The zero-order valence-electron chi connectivity index (χ0n) is 7.85. The van der Waals surface area contributed by atoms with Crippen molar-refractivity contribution in [1.29, 1.82) is 0 Å². The molecule has 1 rings (SSSR count). The average molecular weight is 206 g/mol. The van der Waals surface area contributed by atoms with Crippen LogP contribution in [-0.4, -0.2) is 23.6 Å². The van der Waals surface area contributed by atoms with Crippen molar-refractivity contribution in [3.8, 4) is 0 Å². The Labute approximate surface area is 80.4 Å². The van der Waals surface area contributed by atoms with E-state index in [1.807, 2.05) is 0 Å². The largest absolute Gasteiger partial charge is 0.512 e. The van der Waals surface area contributed by atoms with Crippen LogP contribution in [0.25, 0.3) is 0 Å². The standard InChI is InChI=1S/C9H12F2O3/c1-2-14-8(13)6-5-9(10,11)4-3-7(6)12/h12H,2-5H2,1H3. The van der Waals surface area contributed by atoms with Crippen LogP contribution in [-0.2, 0) is 9.53 Å². The lowest BCUT2D eigenvalue weighted by molar-refractivity contribution is -0.140. The van der Waals surface area contributed by atoms with Crippen LogP contribution in [0.2, 0.25) is 0 Å². The monoisotopic (exact) mass is 206 g/mol. The van der Waals surface area contributed by atoms with Crippen molar-refractivity contribution in [3.05, 3.63) is 11.3 Å². The summed E-state index contributed by atoms with van der Waals surface area (Å²) in [4.78, 5) is 11.1. The van der Waals surface area contributed by atoms with Crippen molar-refractivity contribution in [3.63, 3.8) is 0 Å². The molecule has 0 aliphatic heterocycles. The number of halogens is 2. The predicted octanol–water partition coefficient (Wildman–Crippen LogP) is 2.18. The molecule has 0 aromatic carbocycles. The Morgan fingerprint density at radius 3 is 2.86 bits per heavy atom. The lowest BCUT2D eigenvalue weighted by Gasteiger charge is -2.23. The van der Waals surface area contributed by atoms with Crippen molar-refractivity contribution >= 4 is 5.97 Å². The Morgan fingerprint density at radius 1 is 1.64 bits per heavy atom. The molecule has 1 aliphatic rings. The predicted molar refractivity (Wildman–Crippen MR) is 45.1 cm³/mol. The van der Waals surface area contributed by atoms with Gasteiger partial charge in [-0.05, 0) is 6.92 Å². The molecule has 80 valence electrons. The first-order valence-electron chi connectivity index (χ1n) is 4.42. The normalized spacial score (nSPS) is 20.8. The molecular formula is C9H12F2O3. The van der Waals surface area contributed by atoms with E-state index >= 15 is 0 Å². The second-order valence-electron chi connectivity index (χ2n) is 3.18. The number of ether oxygens (including phenoxy) is 1. The number of hydrogen-bond acceptors (Lipinski definition) is 3. The van der Waals surface area contributed by atoms with E-state index in [9.17, 15) is 18.7 Å². The molecule has 5 heteroatoms. The molecule has 0 aromatic rings. The zero-order valence-corrected chi connectivity index (χ0v) is 7.85. The van der Waals surface area contributed by atoms with Crippen LogP contribution in [0.15, 0.2) is 11.3 Å². The second kappa shape index (κ2) is 3.94. The Morgan fingerprint density at radius 2 is 2.29 bits per heavy atom. The maximum absolute atomic E-state index is 12.9. The van der Waals surface area contributed by atoms with E-state index < -0.39 is 24.7 Å². The number of rotatable bonds is 2. The summed E-state index contributed by atoms with van der Waals surface area (Å²) in [5.74, 6) is -4.02. The number of alkyl halides is 2. The first-order chi connectivity index (χ1) is 6.46. The minimum atomic E-state index is -2.91. The molecule has 0 saturated heterocycles. The van der Waals surface area contributed by atoms with E-state index in [2.05, 4.69) is 4.74 Å². The van der Waals surface area contributed by atoms with Crippen LogP contribution in [0.4, 0.5) is 8.78 Å². The maximum Gasteiger partial charge on any atom is 0.337 e. The van der Waals surface area contributed by atoms with Crippen LogP contribution in [0, 0.1) is 0 Å². The number of aliphatic hydroxyl groups is 1. The summed E-state index contributed by atoms with van der Waals surface area (Å²) in [6.07, 6.45) is -1.31. The average Bonchev–Trinajstić information content (AvgIpc) is 2.10. The molecule has 0 bridgehead atoms. The van der Waals surface area contributed by atoms with Gasteiger partial charge in [-0.15, -0.1) is 0 Å². The molecule has 1 aliphatic carbocycles. The summed E-state index contributed by atoms with van der Waals surface area (Å²) < 4.78 is 30.3. The third-order valence-corrected chi connectivity index (χ3v) is 2.03. The molecule has 0 saturated carbocycles. The van der Waals surface area contributed by atoms with E-state index in [1.54, 1.807) is 6.92 Å². The topological polar surface area (TPSA) is 46.5 Å². The van der Waals surface area contributed by atoms with Crippen molar-refractivity contribution < 1.29 is 23.4 Å². The summed E-state index contributed by atoms with van der Waals surface area (Å²) >= 11 is 0. The number of esters is 1. The van der Waals surface area contributed by atoms with Gasteiger partial charge in [0, 0.05) is 19.3 Å². The molecule has 0 fully saturated rings. The van der Waals surface area contributed by atoms with Gasteiger partial charge in [0.2, 0.25) is 0 Å². The van der Waals surface area contributed by atoms with E-state index in [4.69, 9.17) is 0 Å². The summed E-state index contributed by atoms with van der Waals surface area (Å²) in [5.41, 5.74) is -0.289. The number of allylic oxidation sites excluding steroid dienone is 1.